The second-order valence-electron chi connectivity index (χ2n) is 6.75. The first-order valence-electron chi connectivity index (χ1n) is 8.00. The van der Waals surface area contributed by atoms with Crippen molar-refractivity contribution in [1.82, 2.24) is 4.90 Å². The number of amides is 1. The number of alkyl halides is 3. The summed E-state index contributed by atoms with van der Waals surface area (Å²) >= 11 is 0. The molecular weight excluding hydrogens is 378 g/mol. The third kappa shape index (κ3) is 3.39. The van der Waals surface area contributed by atoms with Gasteiger partial charge in [0.05, 0.1) is 17.3 Å². The first-order valence-corrected chi connectivity index (χ1v) is 8.00. The van der Waals surface area contributed by atoms with E-state index in [0.717, 1.165) is 4.90 Å². The van der Waals surface area contributed by atoms with Crippen LogP contribution in [0.1, 0.15) is 24.8 Å². The summed E-state index contributed by atoms with van der Waals surface area (Å²) in [6.45, 7) is -1.15. The lowest BCUT2D eigenvalue weighted by Crippen LogP contribution is -2.50. The maximum Gasteiger partial charge on any atom is 0.394 e. The molecule has 1 aliphatic heterocycles. The fourth-order valence-electron chi connectivity index (χ4n) is 3.80. The van der Waals surface area contributed by atoms with Crippen LogP contribution in [-0.4, -0.2) is 41.1 Å². The van der Waals surface area contributed by atoms with E-state index < -0.39 is 54.2 Å². The quantitative estimate of drug-likeness (QED) is 0.798. The molecule has 26 heavy (non-hydrogen) atoms. The van der Waals surface area contributed by atoms with Crippen LogP contribution >= 0.6 is 12.4 Å². The minimum absolute atomic E-state index is 0. The minimum Gasteiger partial charge on any atom is -0.481 e. The van der Waals surface area contributed by atoms with Gasteiger partial charge in [0.25, 0.3) is 0 Å². The first kappa shape index (κ1) is 20.5. The van der Waals surface area contributed by atoms with Gasteiger partial charge in [-0.3, -0.25) is 9.59 Å². The summed E-state index contributed by atoms with van der Waals surface area (Å²) in [6, 6.07) is 5.51. The van der Waals surface area contributed by atoms with Crippen molar-refractivity contribution in [1.29, 1.82) is 0 Å². The molecule has 1 saturated carbocycles. The van der Waals surface area contributed by atoms with Crippen molar-refractivity contribution < 1.29 is 32.3 Å². The second-order valence-corrected chi connectivity index (χ2v) is 6.75. The summed E-state index contributed by atoms with van der Waals surface area (Å²) in [7, 11) is 0. The molecule has 4 nitrogen and oxygen atoms in total. The van der Waals surface area contributed by atoms with Crippen LogP contribution in [0.15, 0.2) is 24.3 Å². The normalized spacial score (nSPS) is 24.5. The van der Waals surface area contributed by atoms with Crippen LogP contribution in [0.4, 0.5) is 17.6 Å². The van der Waals surface area contributed by atoms with E-state index >= 15 is 0 Å². The summed E-state index contributed by atoms with van der Waals surface area (Å²) in [5.74, 6) is -6.38. The molecular formula is C17H18ClF4NO3. The highest BCUT2D eigenvalue weighted by atomic mass is 35.5. The zero-order valence-corrected chi connectivity index (χ0v) is 14.4. The van der Waals surface area contributed by atoms with Crippen LogP contribution < -0.4 is 0 Å². The summed E-state index contributed by atoms with van der Waals surface area (Å²) in [6.07, 6.45) is -3.15. The van der Waals surface area contributed by atoms with E-state index in [2.05, 4.69) is 0 Å². The number of hydrogen-bond acceptors (Lipinski definition) is 2. The molecule has 1 aliphatic carbocycles. The zero-order valence-electron chi connectivity index (χ0n) is 13.6. The average molecular weight is 396 g/mol. The van der Waals surface area contributed by atoms with Crippen molar-refractivity contribution >= 4 is 24.3 Å². The standard InChI is InChI=1S/C17H17F4NO3.ClH/c18-11-4-1-3-10(7-11)16(5-2-6-16)15(25)22-8-12(14(23)24)13(9-22)17(19,20)21;/h1,3-4,7,12-13H,2,5-6,8-9H2,(H,23,24);1H/t12-,13-;/m1./s1. The molecule has 1 N–H and O–H groups in total. The summed E-state index contributed by atoms with van der Waals surface area (Å²) in [4.78, 5) is 25.1. The van der Waals surface area contributed by atoms with Gasteiger partial charge in [-0.1, -0.05) is 18.6 Å². The van der Waals surface area contributed by atoms with Gasteiger partial charge in [-0.05, 0) is 30.5 Å². The Kier molecular flexibility index (Phi) is 5.56. The summed E-state index contributed by atoms with van der Waals surface area (Å²) in [5, 5.41) is 9.09. The number of carbonyl (C=O) groups is 2. The number of hydrogen-bond donors (Lipinski definition) is 1. The molecule has 9 heteroatoms. The van der Waals surface area contributed by atoms with Crippen LogP contribution in [-0.2, 0) is 15.0 Å². The summed E-state index contributed by atoms with van der Waals surface area (Å²) in [5.41, 5.74) is -0.614. The number of carboxylic acids is 1. The Labute approximate surface area is 153 Å². The molecule has 3 rings (SSSR count). The molecule has 2 fully saturated rings. The topological polar surface area (TPSA) is 57.6 Å². The SMILES string of the molecule is Cl.O=C(O)[C@@H]1CN(C(=O)C2(c3cccc(F)c3)CCC2)C[C@H]1C(F)(F)F. The number of benzene rings is 1. The molecule has 0 aromatic heterocycles. The Balaban J connectivity index is 0.00000243. The second kappa shape index (κ2) is 7.06. The monoisotopic (exact) mass is 395 g/mol. The van der Waals surface area contributed by atoms with E-state index in [0.29, 0.717) is 24.8 Å². The van der Waals surface area contributed by atoms with Gasteiger partial charge < -0.3 is 10.0 Å². The van der Waals surface area contributed by atoms with Gasteiger partial charge >= 0.3 is 12.1 Å². The predicted molar refractivity (Wildman–Crippen MR) is 86.4 cm³/mol. The number of likely N-dealkylation sites (tertiary alicyclic amines) is 1. The van der Waals surface area contributed by atoms with Crippen LogP contribution in [0.2, 0.25) is 0 Å². The molecule has 2 atom stereocenters. The lowest BCUT2D eigenvalue weighted by Gasteiger charge is -2.43. The number of carbonyl (C=O) groups excluding carboxylic acids is 1. The third-order valence-corrected chi connectivity index (χ3v) is 5.34. The van der Waals surface area contributed by atoms with Gasteiger partial charge in [0, 0.05) is 13.1 Å². The fraction of sp³-hybridized carbons (Fsp3) is 0.529. The molecule has 1 aromatic rings. The number of aliphatic carboxylic acids is 1. The van der Waals surface area contributed by atoms with Crippen molar-refractivity contribution in [3.8, 4) is 0 Å². The van der Waals surface area contributed by atoms with Crippen LogP contribution in [0.25, 0.3) is 0 Å². The fourth-order valence-corrected chi connectivity index (χ4v) is 3.80. The lowest BCUT2D eigenvalue weighted by atomic mass is 9.63. The first-order chi connectivity index (χ1) is 11.6. The average Bonchev–Trinajstić information content (AvgIpc) is 2.91. The van der Waals surface area contributed by atoms with Gasteiger partial charge in [-0.15, -0.1) is 12.4 Å². The lowest BCUT2D eigenvalue weighted by molar-refractivity contribution is -0.188. The van der Waals surface area contributed by atoms with Crippen molar-refractivity contribution in [3.05, 3.63) is 35.6 Å². The molecule has 1 aromatic carbocycles. The number of carboxylic acid groups (broad SMARTS) is 1. The third-order valence-electron chi connectivity index (χ3n) is 5.34. The Hall–Kier alpha value is -1.83. The molecule has 0 unspecified atom stereocenters. The highest BCUT2D eigenvalue weighted by Crippen LogP contribution is 2.47. The van der Waals surface area contributed by atoms with Crippen LogP contribution in [0.3, 0.4) is 0 Å². The maximum absolute atomic E-state index is 13.5. The van der Waals surface area contributed by atoms with Crippen molar-refractivity contribution in [3.63, 3.8) is 0 Å². The van der Waals surface area contributed by atoms with Crippen LogP contribution in [0.5, 0.6) is 0 Å². The van der Waals surface area contributed by atoms with E-state index in [1.165, 1.54) is 18.2 Å². The van der Waals surface area contributed by atoms with Gasteiger partial charge in [0.2, 0.25) is 5.91 Å². The van der Waals surface area contributed by atoms with E-state index in [-0.39, 0.29) is 12.4 Å². The van der Waals surface area contributed by atoms with Gasteiger partial charge in [0.1, 0.15) is 5.82 Å². The molecule has 1 heterocycles. The van der Waals surface area contributed by atoms with Crippen molar-refractivity contribution in [2.75, 3.05) is 13.1 Å². The predicted octanol–water partition coefficient (Wildman–Crippen LogP) is 3.39. The number of rotatable bonds is 3. The number of halogens is 5. The molecule has 0 radical (unpaired) electrons. The molecule has 2 aliphatic rings. The van der Waals surface area contributed by atoms with Crippen molar-refractivity contribution in [2.45, 2.75) is 30.9 Å². The van der Waals surface area contributed by atoms with Gasteiger partial charge in [0.15, 0.2) is 0 Å². The highest BCUT2D eigenvalue weighted by molar-refractivity contribution is 5.90. The zero-order chi connectivity index (χ0) is 18.4. The molecule has 1 amide bonds. The van der Waals surface area contributed by atoms with Gasteiger partial charge in [-0.25, -0.2) is 4.39 Å². The van der Waals surface area contributed by atoms with E-state index in [1.54, 1.807) is 6.07 Å². The Bertz CT molecular complexity index is 705. The van der Waals surface area contributed by atoms with Gasteiger partial charge in [-0.2, -0.15) is 13.2 Å². The minimum atomic E-state index is -4.69. The molecule has 144 valence electrons. The van der Waals surface area contributed by atoms with E-state index in [4.69, 9.17) is 5.11 Å². The van der Waals surface area contributed by atoms with Crippen LogP contribution in [0, 0.1) is 17.7 Å². The summed E-state index contributed by atoms with van der Waals surface area (Å²) < 4.78 is 52.9. The van der Waals surface area contributed by atoms with E-state index in [9.17, 15) is 27.2 Å². The molecule has 0 bridgehead atoms. The highest BCUT2D eigenvalue weighted by Gasteiger charge is 2.56. The number of nitrogens with zero attached hydrogens (tertiary/aromatic N) is 1. The Morgan fingerprint density at radius 1 is 1.19 bits per heavy atom. The van der Waals surface area contributed by atoms with Crippen molar-refractivity contribution in [2.24, 2.45) is 11.8 Å². The largest absolute Gasteiger partial charge is 0.481 e. The maximum atomic E-state index is 13.5. The molecule has 1 saturated heterocycles. The van der Waals surface area contributed by atoms with E-state index in [1.807, 2.05) is 0 Å². The Morgan fingerprint density at radius 2 is 1.85 bits per heavy atom. The Morgan fingerprint density at radius 3 is 2.27 bits per heavy atom. The molecule has 0 spiro atoms. The smallest absolute Gasteiger partial charge is 0.394 e.